The lowest BCUT2D eigenvalue weighted by Gasteiger charge is -2.34. The first-order chi connectivity index (χ1) is 34.1. The summed E-state index contributed by atoms with van der Waals surface area (Å²) in [5.41, 5.74) is 18.4. The van der Waals surface area contributed by atoms with E-state index in [0.717, 1.165) is 38.8 Å². The summed E-state index contributed by atoms with van der Waals surface area (Å²) in [6, 6.07) is 92.8. The van der Waals surface area contributed by atoms with Crippen molar-refractivity contribution in [3.05, 3.63) is 289 Å². The summed E-state index contributed by atoms with van der Waals surface area (Å²) in [5.74, 6) is -0.253. The van der Waals surface area contributed by atoms with Crippen molar-refractivity contribution in [1.82, 2.24) is 4.57 Å². The highest BCUT2D eigenvalue weighted by atomic mass is 32.1. The van der Waals surface area contributed by atoms with Gasteiger partial charge in [-0.25, -0.2) is 4.39 Å². The fourth-order valence-electron chi connectivity index (χ4n) is 10.9. The number of fused-ring (bicyclic) bond motifs is 6. The van der Waals surface area contributed by atoms with E-state index in [4.69, 9.17) is 0 Å². The first kappa shape index (κ1) is 40.7. The zero-order valence-corrected chi connectivity index (χ0v) is 38.3. The highest BCUT2D eigenvalue weighted by molar-refractivity contribution is 7.19. The Kier molecular flexibility index (Phi) is 9.81. The van der Waals surface area contributed by atoms with Gasteiger partial charge < -0.3 is 9.47 Å². The van der Waals surface area contributed by atoms with Crippen molar-refractivity contribution in [3.8, 4) is 49.5 Å². The van der Waals surface area contributed by atoms with E-state index in [9.17, 15) is 4.39 Å². The quantitative estimate of drug-likeness (QED) is 0.140. The molecule has 10 aromatic carbocycles. The number of halogens is 1. The van der Waals surface area contributed by atoms with Gasteiger partial charge in [0.15, 0.2) is 0 Å². The van der Waals surface area contributed by atoms with Crippen LogP contribution >= 0.6 is 11.3 Å². The molecule has 0 bridgehead atoms. The van der Waals surface area contributed by atoms with Crippen LogP contribution in [-0.4, -0.2) is 4.57 Å². The van der Waals surface area contributed by atoms with Crippen LogP contribution in [0.15, 0.2) is 261 Å². The van der Waals surface area contributed by atoms with Crippen LogP contribution in [-0.2, 0) is 5.41 Å². The van der Waals surface area contributed by atoms with Crippen LogP contribution in [0.25, 0.3) is 71.3 Å². The van der Waals surface area contributed by atoms with Crippen LogP contribution in [0.5, 0.6) is 0 Å². The number of rotatable bonds is 9. The summed E-state index contributed by atoms with van der Waals surface area (Å²) in [5, 5.41) is 3.50. The molecular weight excluding hydrogens is 860 g/mol. The Balaban J connectivity index is 0.852. The van der Waals surface area contributed by atoms with Gasteiger partial charge in [0.05, 0.1) is 16.4 Å². The lowest BCUT2D eigenvalue weighted by molar-refractivity contribution is 0.628. The van der Waals surface area contributed by atoms with Crippen LogP contribution in [0.4, 0.5) is 20.8 Å². The topological polar surface area (TPSA) is 8.17 Å². The van der Waals surface area contributed by atoms with Crippen LogP contribution < -0.4 is 4.90 Å². The van der Waals surface area contributed by atoms with Gasteiger partial charge >= 0.3 is 0 Å². The van der Waals surface area contributed by atoms with Crippen LogP contribution in [0.3, 0.4) is 0 Å². The molecule has 2 heterocycles. The summed E-state index contributed by atoms with van der Waals surface area (Å²) in [7, 11) is 0. The van der Waals surface area contributed by atoms with Gasteiger partial charge in [-0.2, -0.15) is 0 Å². The maximum Gasteiger partial charge on any atom is 0.123 e. The minimum Gasteiger partial charge on any atom is -0.309 e. The molecule has 0 fully saturated rings. The molecule has 0 atom stereocenters. The molecule has 0 N–H and O–H groups in total. The Morgan fingerprint density at radius 3 is 1.61 bits per heavy atom. The Morgan fingerprint density at radius 2 is 0.913 bits per heavy atom. The number of para-hydroxylation sites is 1. The number of thiophene rings is 1. The molecule has 0 spiro atoms. The molecule has 1 aliphatic rings. The van der Waals surface area contributed by atoms with Gasteiger partial charge in [0.2, 0.25) is 0 Å². The lowest BCUT2D eigenvalue weighted by Crippen LogP contribution is -2.28. The van der Waals surface area contributed by atoms with Crippen molar-refractivity contribution < 1.29 is 4.39 Å². The minimum atomic E-state index is -0.480. The van der Waals surface area contributed by atoms with Crippen LogP contribution in [0.2, 0.25) is 0 Å². The third-order valence-corrected chi connectivity index (χ3v) is 15.1. The second-order valence-corrected chi connectivity index (χ2v) is 18.8. The fourth-order valence-corrected chi connectivity index (χ4v) is 11.9. The van der Waals surface area contributed by atoms with E-state index >= 15 is 0 Å². The molecule has 1 aliphatic carbocycles. The van der Waals surface area contributed by atoms with Crippen molar-refractivity contribution in [2.75, 3.05) is 4.90 Å². The Bertz CT molecular complexity index is 3780. The summed E-state index contributed by atoms with van der Waals surface area (Å²) >= 11 is 1.72. The Morgan fingerprint density at radius 1 is 0.377 bits per heavy atom. The fraction of sp³-hybridized carbons (Fsp3) is 0.0154. The second-order valence-electron chi connectivity index (χ2n) is 17.8. The van der Waals surface area contributed by atoms with Gasteiger partial charge in [0.25, 0.3) is 0 Å². The number of hydrogen-bond donors (Lipinski definition) is 0. The van der Waals surface area contributed by atoms with Crippen molar-refractivity contribution in [3.63, 3.8) is 0 Å². The van der Waals surface area contributed by atoms with Crippen molar-refractivity contribution in [2.45, 2.75) is 5.41 Å². The van der Waals surface area contributed by atoms with Gasteiger partial charge in [-0.05, 0) is 140 Å². The molecule has 0 radical (unpaired) electrons. The predicted molar refractivity (Wildman–Crippen MR) is 287 cm³/mol. The molecule has 0 saturated heterocycles. The maximum absolute atomic E-state index is 14.1. The van der Waals surface area contributed by atoms with E-state index in [1.165, 1.54) is 83.3 Å². The van der Waals surface area contributed by atoms with Crippen molar-refractivity contribution in [2.24, 2.45) is 0 Å². The van der Waals surface area contributed by atoms with Crippen molar-refractivity contribution in [1.29, 1.82) is 0 Å². The van der Waals surface area contributed by atoms with E-state index in [1.807, 2.05) is 18.2 Å². The molecule has 0 aliphatic heterocycles. The van der Waals surface area contributed by atoms with Crippen molar-refractivity contribution >= 4 is 49.5 Å². The number of nitrogens with zero attached hydrogens (tertiary/aromatic N) is 2. The van der Waals surface area contributed by atoms with E-state index < -0.39 is 5.41 Å². The second kappa shape index (κ2) is 16.6. The van der Waals surface area contributed by atoms with E-state index in [2.05, 4.69) is 240 Å². The largest absolute Gasteiger partial charge is 0.309 e. The van der Waals surface area contributed by atoms with E-state index in [-0.39, 0.29) is 5.82 Å². The van der Waals surface area contributed by atoms with Gasteiger partial charge in [-0.1, -0.05) is 182 Å². The molecule has 2 aromatic heterocycles. The third-order valence-electron chi connectivity index (χ3n) is 14.0. The molecule has 326 valence electrons. The van der Waals surface area contributed by atoms with E-state index in [1.54, 1.807) is 11.3 Å². The van der Waals surface area contributed by atoms with E-state index in [0.29, 0.717) is 0 Å². The van der Waals surface area contributed by atoms with Gasteiger partial charge in [0, 0.05) is 32.7 Å². The standard InChI is InChI=1S/C65H43FN2S/c66-51-31-35-53(36-32-51)67(64-41-40-63(69-64)47-14-4-1-5-15-47)52-33-28-45(29-34-52)44-24-26-46(27-25-44)48-30-39-62-58(42-48)57-21-11-13-23-61(57)68(62)54-37-38-56-55-20-10-12-22-59(55)65(60(56)43-54,49-16-6-2-7-17-49)50-18-8-3-9-19-50/h1-43H. The lowest BCUT2D eigenvalue weighted by atomic mass is 9.67. The monoisotopic (exact) mass is 902 g/mol. The Labute approximate surface area is 405 Å². The molecular formula is C65H43FN2S. The summed E-state index contributed by atoms with van der Waals surface area (Å²) in [6.07, 6.45) is 0. The normalized spacial score (nSPS) is 12.5. The highest BCUT2D eigenvalue weighted by Gasteiger charge is 2.46. The van der Waals surface area contributed by atoms with Crippen LogP contribution in [0.1, 0.15) is 22.3 Å². The molecule has 0 unspecified atom stereocenters. The number of aromatic nitrogens is 1. The summed E-state index contributed by atoms with van der Waals surface area (Å²) in [6.45, 7) is 0. The molecule has 12 aromatic rings. The average Bonchev–Trinajstić information content (AvgIpc) is 4.12. The molecule has 2 nitrogen and oxygen atoms in total. The van der Waals surface area contributed by atoms with Crippen LogP contribution in [0, 0.1) is 5.82 Å². The minimum absolute atomic E-state index is 0.253. The van der Waals surface area contributed by atoms with Gasteiger partial charge in [0.1, 0.15) is 10.8 Å². The maximum atomic E-state index is 14.1. The molecule has 0 saturated carbocycles. The molecule has 4 heteroatoms. The summed E-state index contributed by atoms with van der Waals surface area (Å²) < 4.78 is 16.6. The zero-order chi connectivity index (χ0) is 45.9. The molecule has 69 heavy (non-hydrogen) atoms. The van der Waals surface area contributed by atoms with Gasteiger partial charge in [-0.3, -0.25) is 0 Å². The smallest absolute Gasteiger partial charge is 0.123 e. The highest BCUT2D eigenvalue weighted by Crippen LogP contribution is 2.56. The number of hydrogen-bond acceptors (Lipinski definition) is 2. The van der Waals surface area contributed by atoms with Gasteiger partial charge in [-0.15, -0.1) is 11.3 Å². The first-order valence-corrected chi connectivity index (χ1v) is 24.2. The SMILES string of the molecule is Fc1ccc(N(c2ccc(-c3ccc(-c4ccc5c(c4)c4ccccc4n5-c4ccc5c(c4)C(c4ccccc4)(c4ccccc4)c4ccccc4-5)cc3)cc2)c2ccc(-c3ccccc3)s2)cc1. The number of benzene rings is 10. The molecule has 0 amide bonds. The average molecular weight is 903 g/mol. The Hall–Kier alpha value is -8.57. The summed E-state index contributed by atoms with van der Waals surface area (Å²) in [4.78, 5) is 3.38. The third kappa shape index (κ3) is 6.75. The molecule has 13 rings (SSSR count). The predicted octanol–water partition coefficient (Wildman–Crippen LogP) is 17.8. The number of anilines is 3. The first-order valence-electron chi connectivity index (χ1n) is 23.4. The zero-order valence-electron chi connectivity index (χ0n) is 37.5.